The summed E-state index contributed by atoms with van der Waals surface area (Å²) in [5, 5.41) is 20.5. The molecule has 1 aromatic heterocycles. The van der Waals surface area contributed by atoms with Gasteiger partial charge in [0.15, 0.2) is 11.6 Å². The van der Waals surface area contributed by atoms with Crippen molar-refractivity contribution in [3.8, 4) is 28.3 Å². The molecule has 0 radical (unpaired) electrons. The van der Waals surface area contributed by atoms with Crippen molar-refractivity contribution in [3.05, 3.63) is 77.5 Å². The maximum Gasteiger partial charge on any atom is 0.339 e. The highest BCUT2D eigenvalue weighted by Gasteiger charge is 2.29. The molecule has 1 saturated heterocycles. The minimum atomic E-state index is -1.25. The number of phenols is 1. The molecule has 2 N–H and O–H groups in total. The molecule has 5 rings (SSSR count). The quantitative estimate of drug-likeness (QED) is 0.374. The van der Waals surface area contributed by atoms with E-state index in [0.717, 1.165) is 16.6 Å². The molecule has 180 valence electrons. The van der Waals surface area contributed by atoms with Crippen LogP contribution in [0.4, 0.5) is 8.78 Å². The van der Waals surface area contributed by atoms with E-state index in [9.17, 15) is 23.8 Å². The van der Waals surface area contributed by atoms with Crippen molar-refractivity contribution >= 4 is 16.9 Å². The average molecular weight is 479 g/mol. The molecule has 1 aliphatic rings. The summed E-state index contributed by atoms with van der Waals surface area (Å²) in [5.74, 6) is -2.46. The Hall–Kier alpha value is -3.91. The lowest BCUT2D eigenvalue weighted by Crippen LogP contribution is -2.17. The number of halogens is 2. The largest absolute Gasteiger partial charge is 0.507 e. The fourth-order valence-corrected chi connectivity index (χ4v) is 4.88. The maximum atomic E-state index is 14.5. The number of carboxylic acid groups (broad SMARTS) is 1. The SMILES string of the molecule is COc1cc(-c2c(C3CCOCC3)n(-c3ccc(C(=O)O)c(O)c3)c3cc(F)ccc23)ccc1F. The van der Waals surface area contributed by atoms with Crippen molar-refractivity contribution in [3.63, 3.8) is 0 Å². The van der Waals surface area contributed by atoms with E-state index < -0.39 is 23.4 Å². The van der Waals surface area contributed by atoms with Crippen LogP contribution in [0.15, 0.2) is 54.6 Å². The third-order valence-electron chi connectivity index (χ3n) is 6.48. The van der Waals surface area contributed by atoms with Gasteiger partial charge in [0.05, 0.1) is 12.6 Å². The first-order chi connectivity index (χ1) is 16.9. The van der Waals surface area contributed by atoms with Gasteiger partial charge in [-0.2, -0.15) is 0 Å². The Morgan fingerprint density at radius 3 is 2.51 bits per heavy atom. The van der Waals surface area contributed by atoms with Crippen LogP contribution in [-0.2, 0) is 4.74 Å². The summed E-state index contributed by atoms with van der Waals surface area (Å²) in [6.45, 7) is 1.10. The lowest BCUT2D eigenvalue weighted by atomic mass is 9.90. The fraction of sp³-hybridized carbons (Fsp3) is 0.222. The zero-order valence-electron chi connectivity index (χ0n) is 18.9. The van der Waals surface area contributed by atoms with Crippen LogP contribution in [0.3, 0.4) is 0 Å². The van der Waals surface area contributed by atoms with E-state index in [4.69, 9.17) is 9.47 Å². The van der Waals surface area contributed by atoms with Crippen LogP contribution in [0.5, 0.6) is 11.5 Å². The van der Waals surface area contributed by atoms with Crippen LogP contribution in [0.25, 0.3) is 27.7 Å². The van der Waals surface area contributed by atoms with Crippen molar-refractivity contribution in [2.75, 3.05) is 20.3 Å². The number of nitrogens with zero attached hydrogens (tertiary/aromatic N) is 1. The molecular formula is C27H23F2NO5. The molecular weight excluding hydrogens is 456 g/mol. The maximum absolute atomic E-state index is 14.5. The van der Waals surface area contributed by atoms with Crippen LogP contribution in [0, 0.1) is 11.6 Å². The van der Waals surface area contributed by atoms with E-state index in [2.05, 4.69) is 0 Å². The Balaban J connectivity index is 1.87. The van der Waals surface area contributed by atoms with Crippen molar-refractivity contribution in [2.24, 2.45) is 0 Å². The number of aromatic hydroxyl groups is 1. The molecule has 0 unspecified atom stereocenters. The number of benzene rings is 3. The molecule has 1 aliphatic heterocycles. The normalized spacial score (nSPS) is 14.4. The first kappa shape index (κ1) is 22.9. The number of hydrogen-bond acceptors (Lipinski definition) is 4. The van der Waals surface area contributed by atoms with Gasteiger partial charge in [-0.1, -0.05) is 6.07 Å². The lowest BCUT2D eigenvalue weighted by molar-refractivity contribution is 0.0693. The van der Waals surface area contributed by atoms with E-state index in [0.29, 0.717) is 42.8 Å². The molecule has 3 aromatic carbocycles. The molecule has 0 spiro atoms. The number of ether oxygens (including phenoxy) is 2. The molecule has 0 aliphatic carbocycles. The smallest absolute Gasteiger partial charge is 0.339 e. The van der Waals surface area contributed by atoms with Gasteiger partial charge in [0.25, 0.3) is 0 Å². The van der Waals surface area contributed by atoms with E-state index in [1.165, 1.54) is 37.4 Å². The number of methoxy groups -OCH3 is 1. The van der Waals surface area contributed by atoms with Crippen LogP contribution >= 0.6 is 0 Å². The zero-order chi connectivity index (χ0) is 24.7. The van der Waals surface area contributed by atoms with Crippen molar-refractivity contribution in [1.29, 1.82) is 0 Å². The Morgan fingerprint density at radius 1 is 1.06 bits per heavy atom. The number of carbonyl (C=O) groups is 1. The van der Waals surface area contributed by atoms with Gasteiger partial charge in [0, 0.05) is 47.5 Å². The Bertz CT molecular complexity index is 1440. The van der Waals surface area contributed by atoms with Crippen LogP contribution < -0.4 is 4.74 Å². The second-order valence-electron chi connectivity index (χ2n) is 8.50. The second kappa shape index (κ2) is 9.03. The van der Waals surface area contributed by atoms with Crippen LogP contribution in [0.2, 0.25) is 0 Å². The van der Waals surface area contributed by atoms with Gasteiger partial charge >= 0.3 is 5.97 Å². The molecule has 4 aromatic rings. The molecule has 2 heterocycles. The van der Waals surface area contributed by atoms with Crippen molar-refractivity contribution in [1.82, 2.24) is 4.57 Å². The van der Waals surface area contributed by atoms with Gasteiger partial charge in [-0.05, 0) is 60.9 Å². The highest BCUT2D eigenvalue weighted by molar-refractivity contribution is 6.00. The molecule has 8 heteroatoms. The fourth-order valence-electron chi connectivity index (χ4n) is 4.88. The number of aromatic carboxylic acids is 1. The summed E-state index contributed by atoms with van der Waals surface area (Å²) in [6.07, 6.45) is 1.42. The van der Waals surface area contributed by atoms with Gasteiger partial charge in [-0.15, -0.1) is 0 Å². The molecule has 6 nitrogen and oxygen atoms in total. The first-order valence-corrected chi connectivity index (χ1v) is 11.2. The summed E-state index contributed by atoms with van der Waals surface area (Å²) in [5.41, 5.74) is 3.16. The van der Waals surface area contributed by atoms with E-state index in [-0.39, 0.29) is 17.2 Å². The number of rotatable bonds is 5. The molecule has 0 amide bonds. The minimum absolute atomic E-state index is 0.0200. The number of aromatic nitrogens is 1. The molecule has 1 fully saturated rings. The third-order valence-corrected chi connectivity index (χ3v) is 6.48. The highest BCUT2D eigenvalue weighted by atomic mass is 19.1. The third kappa shape index (κ3) is 4.00. The summed E-state index contributed by atoms with van der Waals surface area (Å²) in [7, 11) is 1.40. The monoisotopic (exact) mass is 479 g/mol. The summed E-state index contributed by atoms with van der Waals surface area (Å²) < 4.78 is 41.4. The Morgan fingerprint density at radius 2 is 1.83 bits per heavy atom. The van der Waals surface area contributed by atoms with Crippen LogP contribution in [0.1, 0.15) is 34.8 Å². The van der Waals surface area contributed by atoms with Gasteiger partial charge in [-0.3, -0.25) is 0 Å². The standard InChI is InChI=1S/C27H23F2NO5/c1-34-24-12-16(2-7-21(24)29)25-19-5-3-17(28)13-22(19)30(26(25)15-8-10-35-11-9-15)18-4-6-20(27(32)33)23(31)14-18/h2-7,12-15,31H,8-11H2,1H3,(H,32,33). The van der Waals surface area contributed by atoms with Crippen LogP contribution in [-0.4, -0.2) is 41.1 Å². The lowest BCUT2D eigenvalue weighted by Gasteiger charge is -2.26. The minimum Gasteiger partial charge on any atom is -0.507 e. The summed E-state index contributed by atoms with van der Waals surface area (Å²) in [6, 6.07) is 13.4. The van der Waals surface area contributed by atoms with Crippen molar-refractivity contribution in [2.45, 2.75) is 18.8 Å². The summed E-state index contributed by atoms with van der Waals surface area (Å²) >= 11 is 0. The Kier molecular flexibility index (Phi) is 5.90. The van der Waals surface area contributed by atoms with Gasteiger partial charge in [0.1, 0.15) is 17.1 Å². The number of fused-ring (bicyclic) bond motifs is 1. The predicted molar refractivity (Wildman–Crippen MR) is 127 cm³/mol. The average Bonchev–Trinajstić information content (AvgIpc) is 3.18. The van der Waals surface area contributed by atoms with E-state index >= 15 is 0 Å². The molecule has 35 heavy (non-hydrogen) atoms. The van der Waals surface area contributed by atoms with Gasteiger partial charge in [-0.25, -0.2) is 13.6 Å². The van der Waals surface area contributed by atoms with Crippen molar-refractivity contribution < 1.29 is 33.3 Å². The molecule has 0 bridgehead atoms. The number of carboxylic acids is 1. The number of hydrogen-bond donors (Lipinski definition) is 2. The zero-order valence-corrected chi connectivity index (χ0v) is 18.9. The van der Waals surface area contributed by atoms with E-state index in [1.807, 2.05) is 4.57 Å². The van der Waals surface area contributed by atoms with E-state index in [1.54, 1.807) is 24.3 Å². The second-order valence-corrected chi connectivity index (χ2v) is 8.50. The Labute approximate surface area is 200 Å². The van der Waals surface area contributed by atoms with Gasteiger partial charge in [0.2, 0.25) is 0 Å². The topological polar surface area (TPSA) is 80.9 Å². The first-order valence-electron chi connectivity index (χ1n) is 11.2. The molecule has 0 saturated carbocycles. The van der Waals surface area contributed by atoms with Gasteiger partial charge < -0.3 is 24.3 Å². The molecule has 0 atom stereocenters. The highest BCUT2D eigenvalue weighted by Crippen LogP contribution is 2.45. The summed E-state index contributed by atoms with van der Waals surface area (Å²) in [4.78, 5) is 11.4. The predicted octanol–water partition coefficient (Wildman–Crippen LogP) is 5.88.